The predicted octanol–water partition coefficient (Wildman–Crippen LogP) is 1.51. The highest BCUT2D eigenvalue weighted by Gasteiger charge is 2.31. The molecule has 0 bridgehead atoms. The number of anilines is 1. The summed E-state index contributed by atoms with van der Waals surface area (Å²) in [7, 11) is 1.77. The summed E-state index contributed by atoms with van der Waals surface area (Å²) < 4.78 is 1.61. The Labute approximate surface area is 122 Å². The molecule has 0 saturated carbocycles. The first-order valence-electron chi connectivity index (χ1n) is 6.88. The zero-order valence-electron chi connectivity index (χ0n) is 12.0. The molecule has 3 rings (SSSR count). The van der Waals surface area contributed by atoms with Crippen LogP contribution < -0.4 is 10.6 Å². The molecule has 0 radical (unpaired) electrons. The lowest BCUT2D eigenvalue weighted by molar-refractivity contribution is 0.144. The van der Waals surface area contributed by atoms with Crippen LogP contribution in [0.4, 0.5) is 10.6 Å². The number of nitrogens with zero attached hydrogens (tertiary/aromatic N) is 2. The Kier molecular flexibility index (Phi) is 3.39. The van der Waals surface area contributed by atoms with E-state index in [-0.39, 0.29) is 12.1 Å². The monoisotopic (exact) mass is 286 g/mol. The number of aromatic nitrogens is 2. The van der Waals surface area contributed by atoms with Crippen molar-refractivity contribution in [3.63, 3.8) is 0 Å². The first-order valence-corrected chi connectivity index (χ1v) is 6.88. The van der Waals surface area contributed by atoms with E-state index in [2.05, 4.69) is 15.7 Å². The average molecular weight is 286 g/mol. The van der Waals surface area contributed by atoms with Gasteiger partial charge in [-0.3, -0.25) is 10.00 Å². The zero-order valence-corrected chi connectivity index (χ0v) is 12.0. The highest BCUT2D eigenvalue weighted by atomic mass is 16.3. The summed E-state index contributed by atoms with van der Waals surface area (Å²) in [5, 5.41) is 19.9. The molecular formula is C15H18N4O2. The van der Waals surface area contributed by atoms with Gasteiger partial charge < -0.3 is 10.4 Å². The smallest absolute Gasteiger partial charge is 0.320 e. The van der Waals surface area contributed by atoms with Crippen molar-refractivity contribution < 1.29 is 9.90 Å². The summed E-state index contributed by atoms with van der Waals surface area (Å²) in [5.41, 5.74) is 2.88. The standard InChI is InChI=1S/C15H18N4O2/c1-9-7-13(19(2)18-9)16-15(21)17-14-11-6-4-3-5-10(11)8-12(14)20/h3-7,12,14,20H,8H2,1-2H3,(H2,16,17,21)/t12-,14+/m1/s1. The third-order valence-corrected chi connectivity index (χ3v) is 3.73. The molecule has 0 fully saturated rings. The van der Waals surface area contributed by atoms with Crippen LogP contribution in [0.15, 0.2) is 30.3 Å². The van der Waals surface area contributed by atoms with Crippen molar-refractivity contribution in [2.24, 2.45) is 7.05 Å². The van der Waals surface area contributed by atoms with E-state index in [1.165, 1.54) is 0 Å². The Bertz CT molecular complexity index is 680. The molecule has 0 aliphatic heterocycles. The van der Waals surface area contributed by atoms with Crippen LogP contribution >= 0.6 is 0 Å². The highest BCUT2D eigenvalue weighted by molar-refractivity contribution is 5.88. The summed E-state index contributed by atoms with van der Waals surface area (Å²) in [6, 6.07) is 8.82. The Morgan fingerprint density at radius 3 is 2.90 bits per heavy atom. The van der Waals surface area contributed by atoms with E-state index < -0.39 is 6.10 Å². The maximum Gasteiger partial charge on any atom is 0.320 e. The Balaban J connectivity index is 1.72. The van der Waals surface area contributed by atoms with E-state index in [4.69, 9.17) is 0 Å². The van der Waals surface area contributed by atoms with Gasteiger partial charge in [0.15, 0.2) is 0 Å². The number of aliphatic hydroxyl groups is 1. The van der Waals surface area contributed by atoms with Crippen LogP contribution in [0, 0.1) is 6.92 Å². The molecule has 1 aromatic heterocycles. The van der Waals surface area contributed by atoms with Gasteiger partial charge in [0, 0.05) is 19.5 Å². The summed E-state index contributed by atoms with van der Waals surface area (Å²) in [5.74, 6) is 0.616. The second-order valence-corrected chi connectivity index (χ2v) is 5.34. The SMILES string of the molecule is Cc1cc(NC(=O)N[C@H]2c3ccccc3C[C@H]2O)n(C)n1. The molecule has 3 N–H and O–H groups in total. The molecule has 1 aliphatic carbocycles. The second kappa shape index (κ2) is 5.21. The zero-order chi connectivity index (χ0) is 15.0. The van der Waals surface area contributed by atoms with Crippen molar-refractivity contribution in [3.8, 4) is 0 Å². The topological polar surface area (TPSA) is 79.2 Å². The van der Waals surface area contributed by atoms with Gasteiger partial charge in [0.1, 0.15) is 5.82 Å². The predicted molar refractivity (Wildman–Crippen MR) is 79.0 cm³/mol. The maximum absolute atomic E-state index is 12.1. The van der Waals surface area contributed by atoms with Crippen LogP contribution in [0.3, 0.4) is 0 Å². The first kappa shape index (κ1) is 13.6. The Morgan fingerprint density at radius 1 is 1.43 bits per heavy atom. The maximum atomic E-state index is 12.1. The minimum Gasteiger partial charge on any atom is -0.390 e. The van der Waals surface area contributed by atoms with Gasteiger partial charge in [0.25, 0.3) is 0 Å². The summed E-state index contributed by atoms with van der Waals surface area (Å²) in [6.07, 6.45) is -0.0345. The van der Waals surface area contributed by atoms with Gasteiger partial charge in [-0.1, -0.05) is 24.3 Å². The van der Waals surface area contributed by atoms with E-state index in [0.717, 1.165) is 16.8 Å². The number of carbonyl (C=O) groups is 1. The number of hydrogen-bond donors (Lipinski definition) is 3. The molecule has 2 aromatic rings. The molecule has 0 unspecified atom stereocenters. The van der Waals surface area contributed by atoms with Crippen LogP contribution in [0.25, 0.3) is 0 Å². The van der Waals surface area contributed by atoms with Crippen molar-refractivity contribution in [1.29, 1.82) is 0 Å². The average Bonchev–Trinajstić information content (AvgIpc) is 2.90. The fourth-order valence-electron chi connectivity index (χ4n) is 2.77. The van der Waals surface area contributed by atoms with Gasteiger partial charge in [-0.15, -0.1) is 0 Å². The Hall–Kier alpha value is -2.34. The molecule has 1 heterocycles. The van der Waals surface area contributed by atoms with Gasteiger partial charge in [-0.2, -0.15) is 5.10 Å². The number of benzene rings is 1. The van der Waals surface area contributed by atoms with E-state index in [0.29, 0.717) is 12.2 Å². The summed E-state index contributed by atoms with van der Waals surface area (Å²) >= 11 is 0. The van der Waals surface area contributed by atoms with Crippen LogP contribution in [0.2, 0.25) is 0 Å². The van der Waals surface area contributed by atoms with Crippen LogP contribution in [-0.2, 0) is 13.5 Å². The fourth-order valence-corrected chi connectivity index (χ4v) is 2.77. The third kappa shape index (κ3) is 2.62. The van der Waals surface area contributed by atoms with Crippen molar-refractivity contribution >= 4 is 11.8 Å². The lowest BCUT2D eigenvalue weighted by atomic mass is 10.1. The molecule has 21 heavy (non-hydrogen) atoms. The van der Waals surface area contributed by atoms with Crippen LogP contribution in [0.5, 0.6) is 0 Å². The number of urea groups is 1. The number of hydrogen-bond acceptors (Lipinski definition) is 3. The molecule has 1 aliphatic rings. The summed E-state index contributed by atoms with van der Waals surface area (Å²) in [4.78, 5) is 12.1. The molecule has 0 spiro atoms. The fraction of sp³-hybridized carbons (Fsp3) is 0.333. The van der Waals surface area contributed by atoms with Gasteiger partial charge in [0.2, 0.25) is 0 Å². The number of fused-ring (bicyclic) bond motifs is 1. The molecular weight excluding hydrogens is 268 g/mol. The number of nitrogens with one attached hydrogen (secondary N) is 2. The normalized spacial score (nSPS) is 20.1. The van der Waals surface area contributed by atoms with Crippen LogP contribution in [0.1, 0.15) is 22.9 Å². The van der Waals surface area contributed by atoms with Crippen molar-refractivity contribution in [2.75, 3.05) is 5.32 Å². The molecule has 2 amide bonds. The molecule has 2 atom stereocenters. The van der Waals surface area contributed by atoms with Gasteiger partial charge in [-0.25, -0.2) is 4.79 Å². The third-order valence-electron chi connectivity index (χ3n) is 3.73. The van der Waals surface area contributed by atoms with E-state index >= 15 is 0 Å². The van der Waals surface area contributed by atoms with Gasteiger partial charge >= 0.3 is 6.03 Å². The summed E-state index contributed by atoms with van der Waals surface area (Å²) in [6.45, 7) is 1.86. The number of aliphatic hydroxyl groups excluding tert-OH is 1. The minimum atomic E-state index is -0.596. The van der Waals surface area contributed by atoms with Crippen LogP contribution in [-0.4, -0.2) is 27.0 Å². The lowest BCUT2D eigenvalue weighted by Crippen LogP contribution is -2.37. The Morgan fingerprint density at radius 2 is 2.19 bits per heavy atom. The number of amides is 2. The minimum absolute atomic E-state index is 0.348. The van der Waals surface area contributed by atoms with E-state index in [9.17, 15) is 9.90 Å². The molecule has 110 valence electrons. The second-order valence-electron chi connectivity index (χ2n) is 5.34. The molecule has 6 heteroatoms. The quantitative estimate of drug-likeness (QED) is 0.783. The van der Waals surface area contributed by atoms with Crippen molar-refractivity contribution in [3.05, 3.63) is 47.2 Å². The van der Waals surface area contributed by atoms with Crippen molar-refractivity contribution in [2.45, 2.75) is 25.5 Å². The van der Waals surface area contributed by atoms with Gasteiger partial charge in [0.05, 0.1) is 17.8 Å². The van der Waals surface area contributed by atoms with Gasteiger partial charge in [-0.05, 0) is 18.1 Å². The number of carbonyl (C=O) groups excluding carboxylic acids is 1. The largest absolute Gasteiger partial charge is 0.390 e. The number of aryl methyl sites for hydroxylation is 2. The first-order chi connectivity index (χ1) is 10.0. The lowest BCUT2D eigenvalue weighted by Gasteiger charge is -2.18. The van der Waals surface area contributed by atoms with Crippen molar-refractivity contribution in [1.82, 2.24) is 15.1 Å². The molecule has 6 nitrogen and oxygen atoms in total. The highest BCUT2D eigenvalue weighted by Crippen LogP contribution is 2.31. The molecule has 1 aromatic carbocycles. The number of rotatable bonds is 2. The van der Waals surface area contributed by atoms with E-state index in [1.54, 1.807) is 17.8 Å². The molecule has 0 saturated heterocycles. The van der Waals surface area contributed by atoms with E-state index in [1.807, 2.05) is 31.2 Å².